The molecule has 2 aromatic rings. The van der Waals surface area contributed by atoms with Crippen molar-refractivity contribution in [2.45, 2.75) is 6.54 Å². The molecule has 15 heavy (non-hydrogen) atoms. The molecule has 0 unspecified atom stereocenters. The van der Waals surface area contributed by atoms with Gasteiger partial charge in [0.15, 0.2) is 0 Å². The van der Waals surface area contributed by atoms with Crippen LogP contribution in [0.3, 0.4) is 0 Å². The predicted molar refractivity (Wildman–Crippen MR) is 60.0 cm³/mol. The third-order valence-corrected chi connectivity index (χ3v) is 2.50. The minimum atomic E-state index is 0.244. The smallest absolute Gasteiger partial charge is 0.239 e. The second-order valence-corrected chi connectivity index (χ2v) is 3.88. The van der Waals surface area contributed by atoms with Crippen LogP contribution in [-0.4, -0.2) is 14.8 Å². The average Bonchev–Trinajstić information content (AvgIpc) is 2.58. The van der Waals surface area contributed by atoms with E-state index in [0.717, 1.165) is 5.56 Å². The molecule has 0 saturated carbocycles. The highest BCUT2D eigenvalue weighted by Gasteiger charge is 2.03. The molecule has 0 aliphatic rings. The van der Waals surface area contributed by atoms with Crippen molar-refractivity contribution in [3.8, 4) is 0 Å². The average molecular weight is 243 g/mol. The number of hydrogen-bond donors (Lipinski definition) is 1. The van der Waals surface area contributed by atoms with Crippen LogP contribution in [0.15, 0.2) is 24.5 Å². The largest absolute Gasteiger partial charge is 0.367 e. The SMILES string of the molecule is Nc1ncn(Cc2cc(Cl)ccc2Cl)n1. The number of nitrogens with two attached hydrogens (primary N) is 1. The molecule has 0 aliphatic carbocycles. The summed E-state index contributed by atoms with van der Waals surface area (Å²) in [6.07, 6.45) is 1.55. The minimum Gasteiger partial charge on any atom is -0.367 e. The fourth-order valence-electron chi connectivity index (χ4n) is 1.22. The molecule has 0 radical (unpaired) electrons. The van der Waals surface area contributed by atoms with Crippen LogP contribution in [0.1, 0.15) is 5.56 Å². The summed E-state index contributed by atoms with van der Waals surface area (Å²) in [5.74, 6) is 0.244. The molecule has 0 aliphatic heterocycles. The maximum atomic E-state index is 6.00. The molecule has 4 nitrogen and oxygen atoms in total. The van der Waals surface area contributed by atoms with Gasteiger partial charge in [0.1, 0.15) is 6.33 Å². The van der Waals surface area contributed by atoms with Gasteiger partial charge in [-0.25, -0.2) is 9.67 Å². The van der Waals surface area contributed by atoms with E-state index in [0.29, 0.717) is 16.6 Å². The van der Waals surface area contributed by atoms with Crippen molar-refractivity contribution in [1.82, 2.24) is 14.8 Å². The molecule has 1 heterocycles. The Kier molecular flexibility index (Phi) is 2.79. The number of anilines is 1. The summed E-state index contributed by atoms with van der Waals surface area (Å²) in [5, 5.41) is 5.25. The van der Waals surface area contributed by atoms with Gasteiger partial charge in [-0.1, -0.05) is 23.2 Å². The Bertz CT molecular complexity index is 481. The maximum Gasteiger partial charge on any atom is 0.239 e. The van der Waals surface area contributed by atoms with Gasteiger partial charge in [0.05, 0.1) is 6.54 Å². The molecule has 6 heteroatoms. The van der Waals surface area contributed by atoms with Gasteiger partial charge in [-0.05, 0) is 23.8 Å². The van der Waals surface area contributed by atoms with E-state index >= 15 is 0 Å². The van der Waals surface area contributed by atoms with E-state index in [1.807, 2.05) is 0 Å². The fourth-order valence-corrected chi connectivity index (χ4v) is 1.60. The van der Waals surface area contributed by atoms with E-state index in [1.165, 1.54) is 0 Å². The first-order valence-corrected chi connectivity index (χ1v) is 4.99. The molecule has 78 valence electrons. The summed E-state index contributed by atoms with van der Waals surface area (Å²) in [6, 6.07) is 5.28. The van der Waals surface area contributed by atoms with Crippen LogP contribution in [0.2, 0.25) is 10.0 Å². The second-order valence-electron chi connectivity index (χ2n) is 3.04. The van der Waals surface area contributed by atoms with Crippen molar-refractivity contribution in [3.05, 3.63) is 40.1 Å². The lowest BCUT2D eigenvalue weighted by atomic mass is 10.2. The van der Waals surface area contributed by atoms with Crippen molar-refractivity contribution >= 4 is 29.2 Å². The number of rotatable bonds is 2. The van der Waals surface area contributed by atoms with Crippen LogP contribution < -0.4 is 5.73 Å². The van der Waals surface area contributed by atoms with E-state index in [1.54, 1.807) is 29.2 Å². The van der Waals surface area contributed by atoms with Gasteiger partial charge in [0.2, 0.25) is 5.95 Å². The van der Waals surface area contributed by atoms with Crippen LogP contribution >= 0.6 is 23.2 Å². The molecule has 0 atom stereocenters. The van der Waals surface area contributed by atoms with Gasteiger partial charge in [0, 0.05) is 10.0 Å². The van der Waals surface area contributed by atoms with Crippen molar-refractivity contribution in [2.24, 2.45) is 0 Å². The molecule has 0 fully saturated rings. The lowest BCUT2D eigenvalue weighted by Gasteiger charge is -2.04. The molecule has 1 aromatic carbocycles. The van der Waals surface area contributed by atoms with E-state index < -0.39 is 0 Å². The Labute approximate surface area is 96.6 Å². The molecule has 2 N–H and O–H groups in total. The van der Waals surface area contributed by atoms with Crippen LogP contribution in [0.4, 0.5) is 5.95 Å². The van der Waals surface area contributed by atoms with Crippen LogP contribution in [0, 0.1) is 0 Å². The zero-order valence-electron chi connectivity index (χ0n) is 7.69. The van der Waals surface area contributed by atoms with E-state index in [2.05, 4.69) is 10.1 Å². The third-order valence-electron chi connectivity index (χ3n) is 1.89. The number of aromatic nitrogens is 3. The Balaban J connectivity index is 2.27. The maximum absolute atomic E-state index is 6.00. The highest BCUT2D eigenvalue weighted by molar-refractivity contribution is 6.33. The number of halogens is 2. The summed E-state index contributed by atoms with van der Waals surface area (Å²) in [6.45, 7) is 0.504. The molecular weight excluding hydrogens is 235 g/mol. The second kappa shape index (κ2) is 4.08. The summed E-state index contributed by atoms with van der Waals surface area (Å²) in [7, 11) is 0. The summed E-state index contributed by atoms with van der Waals surface area (Å²) in [5.41, 5.74) is 6.28. The summed E-state index contributed by atoms with van der Waals surface area (Å²) in [4.78, 5) is 3.82. The monoisotopic (exact) mass is 242 g/mol. The quantitative estimate of drug-likeness (QED) is 0.879. The third kappa shape index (κ3) is 2.40. The normalized spacial score (nSPS) is 10.5. The first-order chi connectivity index (χ1) is 7.15. The lowest BCUT2D eigenvalue weighted by Crippen LogP contribution is -2.01. The number of nitrogens with zero attached hydrogens (tertiary/aromatic N) is 3. The fraction of sp³-hybridized carbons (Fsp3) is 0.111. The van der Waals surface area contributed by atoms with Crippen molar-refractivity contribution < 1.29 is 0 Å². The lowest BCUT2D eigenvalue weighted by molar-refractivity contribution is 0.688. The Morgan fingerprint density at radius 2 is 2.13 bits per heavy atom. The highest BCUT2D eigenvalue weighted by atomic mass is 35.5. The van der Waals surface area contributed by atoms with Gasteiger partial charge in [-0.3, -0.25) is 0 Å². The Hall–Kier alpha value is -1.26. The summed E-state index contributed by atoms with van der Waals surface area (Å²) >= 11 is 11.9. The molecule has 1 aromatic heterocycles. The zero-order chi connectivity index (χ0) is 10.8. The number of hydrogen-bond acceptors (Lipinski definition) is 3. The number of nitrogen functional groups attached to an aromatic ring is 1. The summed E-state index contributed by atoms with van der Waals surface area (Å²) < 4.78 is 1.60. The molecule has 0 spiro atoms. The topological polar surface area (TPSA) is 56.7 Å². The predicted octanol–water partition coefficient (Wildman–Crippen LogP) is 2.22. The van der Waals surface area contributed by atoms with Gasteiger partial charge in [-0.15, -0.1) is 5.10 Å². The van der Waals surface area contributed by atoms with Gasteiger partial charge in [-0.2, -0.15) is 0 Å². The zero-order valence-corrected chi connectivity index (χ0v) is 9.20. The molecule has 0 bridgehead atoms. The van der Waals surface area contributed by atoms with Gasteiger partial charge < -0.3 is 5.73 Å². The molecule has 0 saturated heterocycles. The number of benzene rings is 1. The Morgan fingerprint density at radius 3 is 2.80 bits per heavy atom. The van der Waals surface area contributed by atoms with Crippen LogP contribution in [-0.2, 0) is 6.54 Å². The molecular formula is C9H8Cl2N4. The van der Waals surface area contributed by atoms with Gasteiger partial charge >= 0.3 is 0 Å². The minimum absolute atomic E-state index is 0.244. The van der Waals surface area contributed by atoms with Crippen molar-refractivity contribution in [2.75, 3.05) is 5.73 Å². The van der Waals surface area contributed by atoms with E-state index in [-0.39, 0.29) is 5.95 Å². The standard InChI is InChI=1S/C9H8Cl2N4/c10-7-1-2-8(11)6(3-7)4-15-5-13-9(12)14-15/h1-3,5H,4H2,(H2,12,14). The van der Waals surface area contributed by atoms with E-state index in [9.17, 15) is 0 Å². The highest BCUT2D eigenvalue weighted by Crippen LogP contribution is 2.21. The molecule has 0 amide bonds. The van der Waals surface area contributed by atoms with Gasteiger partial charge in [0.25, 0.3) is 0 Å². The molecule has 2 rings (SSSR count). The van der Waals surface area contributed by atoms with Crippen molar-refractivity contribution in [1.29, 1.82) is 0 Å². The van der Waals surface area contributed by atoms with Crippen molar-refractivity contribution in [3.63, 3.8) is 0 Å². The Morgan fingerprint density at radius 1 is 1.33 bits per heavy atom. The van der Waals surface area contributed by atoms with Crippen LogP contribution in [0.5, 0.6) is 0 Å². The first kappa shape index (κ1) is 10.3. The first-order valence-electron chi connectivity index (χ1n) is 4.24. The van der Waals surface area contributed by atoms with E-state index in [4.69, 9.17) is 28.9 Å². The van der Waals surface area contributed by atoms with Crippen LogP contribution in [0.25, 0.3) is 0 Å².